The van der Waals surface area contributed by atoms with Crippen molar-refractivity contribution in [1.29, 1.82) is 0 Å². The molecule has 0 spiro atoms. The molecule has 0 fully saturated rings. The van der Waals surface area contributed by atoms with Crippen LogP contribution in [0.5, 0.6) is 0 Å². The van der Waals surface area contributed by atoms with E-state index in [0.29, 0.717) is 12.2 Å². The van der Waals surface area contributed by atoms with Crippen molar-refractivity contribution in [1.82, 2.24) is 4.98 Å². The minimum Gasteiger partial charge on any atom is -0.462 e. The van der Waals surface area contributed by atoms with Gasteiger partial charge in [-0.1, -0.05) is 31.5 Å². The van der Waals surface area contributed by atoms with Gasteiger partial charge in [0.1, 0.15) is 0 Å². The van der Waals surface area contributed by atoms with Crippen LogP contribution in [0.3, 0.4) is 0 Å². The summed E-state index contributed by atoms with van der Waals surface area (Å²) in [7, 11) is 0. The maximum Gasteiger partial charge on any atom is 0.339 e. The summed E-state index contributed by atoms with van der Waals surface area (Å²) in [4.78, 5) is 16.4. The number of pyridine rings is 1. The normalized spacial score (nSPS) is 10.6. The van der Waals surface area contributed by atoms with Gasteiger partial charge in [-0.25, -0.2) is 4.79 Å². The first-order valence-electron chi connectivity index (χ1n) is 6.25. The molecule has 0 saturated carbocycles. The fraction of sp³-hybridized carbons (Fsp3) is 0.333. The highest BCUT2D eigenvalue weighted by atomic mass is 16.5. The standard InChI is InChI=1S/C15H17NO2/c1-3-4-9-18-15(17)14-11(2)10-16-13-8-6-5-7-12(13)14/h5-8,10H,3-4,9H2,1-2H3. The first-order valence-corrected chi connectivity index (χ1v) is 6.25. The van der Waals surface area contributed by atoms with Crippen LogP contribution in [0, 0.1) is 6.92 Å². The van der Waals surface area contributed by atoms with E-state index in [1.54, 1.807) is 6.20 Å². The topological polar surface area (TPSA) is 39.2 Å². The average molecular weight is 243 g/mol. The summed E-state index contributed by atoms with van der Waals surface area (Å²) < 4.78 is 5.29. The summed E-state index contributed by atoms with van der Waals surface area (Å²) >= 11 is 0. The second kappa shape index (κ2) is 5.63. The van der Waals surface area contributed by atoms with Gasteiger partial charge < -0.3 is 4.74 Å². The molecule has 1 aromatic carbocycles. The first kappa shape index (κ1) is 12.6. The van der Waals surface area contributed by atoms with Crippen molar-refractivity contribution in [3.63, 3.8) is 0 Å². The molecule has 1 aromatic heterocycles. The van der Waals surface area contributed by atoms with E-state index >= 15 is 0 Å². The predicted molar refractivity (Wildman–Crippen MR) is 71.7 cm³/mol. The number of carbonyl (C=O) groups is 1. The Morgan fingerprint density at radius 2 is 2.11 bits per heavy atom. The van der Waals surface area contributed by atoms with Gasteiger partial charge in [0.25, 0.3) is 0 Å². The van der Waals surface area contributed by atoms with Crippen LogP contribution >= 0.6 is 0 Å². The van der Waals surface area contributed by atoms with Crippen LogP contribution in [0.4, 0.5) is 0 Å². The number of aromatic nitrogens is 1. The van der Waals surface area contributed by atoms with Gasteiger partial charge in [0.05, 0.1) is 17.7 Å². The molecule has 3 nitrogen and oxygen atoms in total. The Bertz CT molecular complexity index is 563. The minimum absolute atomic E-state index is 0.250. The molecule has 0 aliphatic heterocycles. The molecule has 0 unspecified atom stereocenters. The van der Waals surface area contributed by atoms with Crippen LogP contribution in [-0.2, 0) is 4.74 Å². The maximum atomic E-state index is 12.1. The maximum absolute atomic E-state index is 12.1. The lowest BCUT2D eigenvalue weighted by atomic mass is 10.0. The number of esters is 1. The molecule has 0 amide bonds. The fourth-order valence-electron chi connectivity index (χ4n) is 1.89. The van der Waals surface area contributed by atoms with Gasteiger partial charge in [0.15, 0.2) is 0 Å². The number of ether oxygens (including phenoxy) is 1. The highest BCUT2D eigenvalue weighted by Gasteiger charge is 2.14. The summed E-state index contributed by atoms with van der Waals surface area (Å²) in [5.41, 5.74) is 2.32. The Balaban J connectivity index is 2.36. The Morgan fingerprint density at radius 3 is 2.89 bits per heavy atom. The molecule has 0 radical (unpaired) electrons. The Labute approximate surface area is 107 Å². The van der Waals surface area contributed by atoms with Gasteiger partial charge in [0, 0.05) is 11.6 Å². The van der Waals surface area contributed by atoms with Crippen LogP contribution < -0.4 is 0 Å². The van der Waals surface area contributed by atoms with E-state index in [0.717, 1.165) is 29.3 Å². The van der Waals surface area contributed by atoms with Gasteiger partial charge in [-0.05, 0) is 25.0 Å². The molecule has 2 rings (SSSR count). The molecule has 0 saturated heterocycles. The van der Waals surface area contributed by atoms with Gasteiger partial charge >= 0.3 is 5.97 Å². The lowest BCUT2D eigenvalue weighted by molar-refractivity contribution is 0.0501. The van der Waals surface area contributed by atoms with Gasteiger partial charge in [0.2, 0.25) is 0 Å². The zero-order chi connectivity index (χ0) is 13.0. The number of fused-ring (bicyclic) bond motifs is 1. The summed E-state index contributed by atoms with van der Waals surface area (Å²) in [6.07, 6.45) is 3.63. The van der Waals surface area contributed by atoms with E-state index in [-0.39, 0.29) is 5.97 Å². The van der Waals surface area contributed by atoms with E-state index < -0.39 is 0 Å². The molecule has 2 aromatic rings. The second-order valence-electron chi connectivity index (χ2n) is 4.32. The lowest BCUT2D eigenvalue weighted by Gasteiger charge is -2.09. The Hall–Kier alpha value is -1.90. The van der Waals surface area contributed by atoms with Crippen LogP contribution in [0.1, 0.15) is 35.7 Å². The molecular weight excluding hydrogens is 226 g/mol. The summed E-state index contributed by atoms with van der Waals surface area (Å²) in [5, 5.41) is 0.860. The third-order valence-corrected chi connectivity index (χ3v) is 2.90. The number of carbonyl (C=O) groups excluding carboxylic acids is 1. The minimum atomic E-state index is -0.250. The molecule has 0 aliphatic rings. The predicted octanol–water partition coefficient (Wildman–Crippen LogP) is 3.50. The number of hydrogen-bond donors (Lipinski definition) is 0. The molecule has 1 heterocycles. The van der Waals surface area contributed by atoms with Gasteiger partial charge in [-0.3, -0.25) is 4.98 Å². The van der Waals surface area contributed by atoms with E-state index in [4.69, 9.17) is 4.74 Å². The summed E-state index contributed by atoms with van der Waals surface area (Å²) in [6.45, 7) is 4.43. The number of benzene rings is 1. The first-order chi connectivity index (χ1) is 8.74. The third kappa shape index (κ3) is 2.50. The van der Waals surface area contributed by atoms with Crippen molar-refractivity contribution in [2.45, 2.75) is 26.7 Å². The number of aryl methyl sites for hydroxylation is 1. The van der Waals surface area contributed by atoms with Crippen molar-refractivity contribution in [3.05, 3.63) is 41.6 Å². The third-order valence-electron chi connectivity index (χ3n) is 2.90. The smallest absolute Gasteiger partial charge is 0.339 e. The summed E-state index contributed by atoms with van der Waals surface area (Å²) in [6, 6.07) is 7.63. The molecule has 18 heavy (non-hydrogen) atoms. The van der Waals surface area contributed by atoms with Crippen LogP contribution in [0.15, 0.2) is 30.5 Å². The molecule has 0 atom stereocenters. The molecule has 0 N–H and O–H groups in total. The molecule has 94 valence electrons. The van der Waals surface area contributed by atoms with Crippen molar-refractivity contribution >= 4 is 16.9 Å². The second-order valence-corrected chi connectivity index (χ2v) is 4.32. The quantitative estimate of drug-likeness (QED) is 0.609. The molecule has 0 aliphatic carbocycles. The van der Waals surface area contributed by atoms with Crippen molar-refractivity contribution in [3.8, 4) is 0 Å². The highest BCUT2D eigenvalue weighted by Crippen LogP contribution is 2.20. The average Bonchev–Trinajstić information content (AvgIpc) is 2.38. The van der Waals surface area contributed by atoms with Crippen LogP contribution in [-0.4, -0.2) is 17.6 Å². The highest BCUT2D eigenvalue weighted by molar-refractivity contribution is 6.04. The van der Waals surface area contributed by atoms with Gasteiger partial charge in [-0.2, -0.15) is 0 Å². The number of unbranched alkanes of at least 4 members (excludes halogenated alkanes) is 1. The number of nitrogens with zero attached hydrogens (tertiary/aromatic N) is 1. The Morgan fingerprint density at radius 1 is 1.33 bits per heavy atom. The largest absolute Gasteiger partial charge is 0.462 e. The van der Waals surface area contributed by atoms with E-state index in [9.17, 15) is 4.79 Å². The van der Waals surface area contributed by atoms with Crippen LogP contribution in [0.25, 0.3) is 10.9 Å². The van der Waals surface area contributed by atoms with E-state index in [1.165, 1.54) is 0 Å². The van der Waals surface area contributed by atoms with E-state index in [2.05, 4.69) is 11.9 Å². The number of para-hydroxylation sites is 1. The number of rotatable bonds is 4. The molecule has 0 bridgehead atoms. The fourth-order valence-corrected chi connectivity index (χ4v) is 1.89. The van der Waals surface area contributed by atoms with E-state index in [1.807, 2.05) is 31.2 Å². The monoisotopic (exact) mass is 243 g/mol. The zero-order valence-corrected chi connectivity index (χ0v) is 10.8. The molecular formula is C15H17NO2. The van der Waals surface area contributed by atoms with Gasteiger partial charge in [-0.15, -0.1) is 0 Å². The number of hydrogen-bond acceptors (Lipinski definition) is 3. The van der Waals surface area contributed by atoms with Crippen molar-refractivity contribution < 1.29 is 9.53 Å². The molecule has 3 heteroatoms. The van der Waals surface area contributed by atoms with Crippen LogP contribution in [0.2, 0.25) is 0 Å². The lowest BCUT2D eigenvalue weighted by Crippen LogP contribution is -2.09. The zero-order valence-electron chi connectivity index (χ0n) is 10.8. The van der Waals surface area contributed by atoms with Crippen molar-refractivity contribution in [2.24, 2.45) is 0 Å². The SMILES string of the molecule is CCCCOC(=O)c1c(C)cnc2ccccc12. The Kier molecular flexibility index (Phi) is 3.92. The summed E-state index contributed by atoms with van der Waals surface area (Å²) in [5.74, 6) is -0.250. The van der Waals surface area contributed by atoms with Crippen molar-refractivity contribution in [2.75, 3.05) is 6.61 Å².